The highest BCUT2D eigenvalue weighted by molar-refractivity contribution is 6.09. The Hall–Kier alpha value is -7.89. The van der Waals surface area contributed by atoms with Crippen molar-refractivity contribution in [2.24, 2.45) is 0 Å². The van der Waals surface area contributed by atoms with E-state index < -0.39 is 0 Å². The molecule has 10 aromatic rings. The molecule has 0 N–H and O–H groups in total. The fraction of sp³-hybridized carbons (Fsp3) is 0.159. The van der Waals surface area contributed by atoms with Crippen molar-refractivity contribution in [3.8, 4) is 39.6 Å². The lowest BCUT2D eigenvalue weighted by Crippen LogP contribution is -2.25. The lowest BCUT2D eigenvalue weighted by atomic mass is 9.73. The summed E-state index contributed by atoms with van der Waals surface area (Å²) in [7, 11) is 0. The van der Waals surface area contributed by atoms with E-state index in [1.807, 2.05) is 6.20 Å². The molecular weight excluding hydrogens is 829 g/mol. The van der Waals surface area contributed by atoms with Gasteiger partial charge in [-0.15, -0.1) is 0 Å². The smallest absolute Gasteiger partial charge is 0.137 e. The van der Waals surface area contributed by atoms with Crippen molar-refractivity contribution < 1.29 is 4.74 Å². The van der Waals surface area contributed by atoms with Gasteiger partial charge in [-0.25, -0.2) is 4.98 Å². The second-order valence-corrected chi connectivity index (χ2v) is 19.6. The Kier molecular flexibility index (Phi) is 10.2. The molecule has 8 aromatic carbocycles. The summed E-state index contributed by atoms with van der Waals surface area (Å²) in [6.07, 6.45) is 6.73. The molecule has 3 heterocycles. The molecular formula is C63H54N4O. The minimum Gasteiger partial charge on any atom is -0.457 e. The van der Waals surface area contributed by atoms with Crippen LogP contribution in [0.4, 0.5) is 22.7 Å². The van der Waals surface area contributed by atoms with Gasteiger partial charge in [-0.1, -0.05) is 173 Å². The fourth-order valence-electron chi connectivity index (χ4n) is 11.1. The van der Waals surface area contributed by atoms with Gasteiger partial charge in [0, 0.05) is 51.3 Å². The molecule has 0 saturated heterocycles. The van der Waals surface area contributed by atoms with E-state index in [0.717, 1.165) is 58.3 Å². The SMILES string of the molecule is CC(C)(C)c1cc(Oc2ccc3c4ccccc4n(-c4cc(C5(c6ccccc6)CCCC5)ccn4)c3c2)cc(N2CN(c3c(-c4ccccc4)cccc3-c3ccccc3)c3ccccc32)c1. The maximum Gasteiger partial charge on any atom is 0.137 e. The van der Waals surface area contributed by atoms with Crippen LogP contribution in [0.15, 0.2) is 212 Å². The first-order valence-corrected chi connectivity index (χ1v) is 24.1. The highest BCUT2D eigenvalue weighted by Gasteiger charge is 2.38. The zero-order chi connectivity index (χ0) is 45.8. The van der Waals surface area contributed by atoms with Crippen LogP contribution in [-0.2, 0) is 10.8 Å². The zero-order valence-electron chi connectivity index (χ0n) is 38.9. The quantitative estimate of drug-likeness (QED) is 0.145. The summed E-state index contributed by atoms with van der Waals surface area (Å²) in [5.41, 5.74) is 15.3. The summed E-state index contributed by atoms with van der Waals surface area (Å²) in [6.45, 7) is 7.46. The van der Waals surface area contributed by atoms with Gasteiger partial charge in [-0.3, -0.25) is 4.57 Å². The molecule has 0 atom stereocenters. The Balaban J connectivity index is 0.955. The van der Waals surface area contributed by atoms with Crippen LogP contribution in [0.3, 0.4) is 0 Å². The highest BCUT2D eigenvalue weighted by atomic mass is 16.5. The number of hydrogen-bond donors (Lipinski definition) is 0. The van der Waals surface area contributed by atoms with E-state index >= 15 is 0 Å². The van der Waals surface area contributed by atoms with Crippen molar-refractivity contribution in [3.63, 3.8) is 0 Å². The molecule has 0 bridgehead atoms. The first-order valence-electron chi connectivity index (χ1n) is 24.1. The first-order chi connectivity index (χ1) is 33.3. The third-order valence-electron chi connectivity index (χ3n) is 14.5. The molecule has 1 saturated carbocycles. The van der Waals surface area contributed by atoms with Crippen LogP contribution in [0, 0.1) is 0 Å². The molecule has 12 rings (SSSR count). The summed E-state index contributed by atoms with van der Waals surface area (Å²) < 4.78 is 9.40. The third kappa shape index (κ3) is 7.21. The van der Waals surface area contributed by atoms with Gasteiger partial charge >= 0.3 is 0 Å². The van der Waals surface area contributed by atoms with Crippen LogP contribution < -0.4 is 14.5 Å². The summed E-state index contributed by atoms with van der Waals surface area (Å²) in [5.74, 6) is 2.50. The van der Waals surface area contributed by atoms with E-state index in [1.54, 1.807) is 0 Å². The standard InChI is InChI=1S/C63H54N4O/c1-62(2,3)48-38-49(65-43-66(58-31-16-15-30-57(58)65)61-52(44-20-7-4-8-21-44)27-19-28-53(61)45-22-9-5-10-23-45)41-51(39-48)68-50-32-33-55-54-26-13-14-29-56(54)67(59(55)42-50)60-40-47(34-37-64-60)63(35-17-18-36-63)46-24-11-6-12-25-46/h4-16,19-34,37-42H,17-18,35-36,43H2,1-3H3. The fourth-order valence-corrected chi connectivity index (χ4v) is 11.1. The molecule has 1 aliphatic heterocycles. The predicted molar refractivity (Wildman–Crippen MR) is 282 cm³/mol. The minimum absolute atomic E-state index is 0.0237. The van der Waals surface area contributed by atoms with Crippen molar-refractivity contribution in [1.29, 1.82) is 0 Å². The first kappa shape index (κ1) is 41.5. The van der Waals surface area contributed by atoms with Gasteiger partial charge in [0.1, 0.15) is 24.0 Å². The normalized spacial score (nSPS) is 14.5. The van der Waals surface area contributed by atoms with Crippen LogP contribution in [-0.4, -0.2) is 16.2 Å². The van der Waals surface area contributed by atoms with E-state index in [9.17, 15) is 0 Å². The largest absolute Gasteiger partial charge is 0.457 e. The van der Waals surface area contributed by atoms with E-state index in [2.05, 4.69) is 241 Å². The Morgan fingerprint density at radius 2 is 1.12 bits per heavy atom. The molecule has 332 valence electrons. The molecule has 1 fully saturated rings. The van der Waals surface area contributed by atoms with E-state index in [0.29, 0.717) is 6.67 Å². The molecule has 1 aliphatic carbocycles. The van der Waals surface area contributed by atoms with Crippen molar-refractivity contribution in [2.45, 2.75) is 57.3 Å². The second-order valence-electron chi connectivity index (χ2n) is 19.6. The summed E-state index contributed by atoms with van der Waals surface area (Å²) in [4.78, 5) is 10.0. The molecule has 0 amide bonds. The summed E-state index contributed by atoms with van der Waals surface area (Å²) in [5, 5.41) is 2.36. The van der Waals surface area contributed by atoms with Gasteiger partial charge in [0.25, 0.3) is 0 Å². The van der Waals surface area contributed by atoms with Gasteiger partial charge < -0.3 is 14.5 Å². The predicted octanol–water partition coefficient (Wildman–Crippen LogP) is 16.7. The number of anilines is 4. The number of benzene rings is 8. The maximum absolute atomic E-state index is 7.07. The van der Waals surface area contributed by atoms with E-state index in [1.165, 1.54) is 68.2 Å². The minimum atomic E-state index is -0.142. The van der Waals surface area contributed by atoms with Gasteiger partial charge in [-0.05, 0) is 101 Å². The van der Waals surface area contributed by atoms with Crippen molar-refractivity contribution in [1.82, 2.24) is 9.55 Å². The van der Waals surface area contributed by atoms with E-state index in [-0.39, 0.29) is 10.8 Å². The number of aromatic nitrogens is 2. The maximum atomic E-state index is 7.07. The lowest BCUT2D eigenvalue weighted by molar-refractivity contribution is 0.479. The number of fused-ring (bicyclic) bond motifs is 4. The number of nitrogens with zero attached hydrogens (tertiary/aromatic N) is 4. The Morgan fingerprint density at radius 3 is 1.81 bits per heavy atom. The van der Waals surface area contributed by atoms with E-state index in [4.69, 9.17) is 9.72 Å². The lowest BCUT2D eigenvalue weighted by Gasteiger charge is -2.31. The average Bonchev–Trinajstić information content (AvgIpc) is 4.12. The number of para-hydroxylation sites is 4. The number of hydrogen-bond acceptors (Lipinski definition) is 4. The van der Waals surface area contributed by atoms with Gasteiger partial charge in [-0.2, -0.15) is 0 Å². The summed E-state index contributed by atoms with van der Waals surface area (Å²) in [6, 6.07) is 74.7. The molecule has 0 radical (unpaired) electrons. The Labute approximate surface area is 399 Å². The molecule has 0 unspecified atom stereocenters. The molecule has 5 heteroatoms. The van der Waals surface area contributed by atoms with Crippen LogP contribution >= 0.6 is 0 Å². The average molecular weight is 883 g/mol. The highest BCUT2D eigenvalue weighted by Crippen LogP contribution is 2.51. The van der Waals surface area contributed by atoms with Crippen LogP contribution in [0.2, 0.25) is 0 Å². The zero-order valence-corrected chi connectivity index (χ0v) is 38.9. The van der Waals surface area contributed by atoms with Crippen molar-refractivity contribution in [3.05, 3.63) is 229 Å². The topological polar surface area (TPSA) is 33.5 Å². The number of pyridine rings is 1. The molecule has 2 aliphatic rings. The number of ether oxygens (including phenoxy) is 1. The Morgan fingerprint density at radius 1 is 0.500 bits per heavy atom. The molecule has 68 heavy (non-hydrogen) atoms. The summed E-state index contributed by atoms with van der Waals surface area (Å²) >= 11 is 0. The second kappa shape index (κ2) is 16.8. The third-order valence-corrected chi connectivity index (χ3v) is 14.5. The van der Waals surface area contributed by atoms with Gasteiger partial charge in [0.2, 0.25) is 0 Å². The molecule has 5 nitrogen and oxygen atoms in total. The molecule has 0 spiro atoms. The Bertz CT molecular complexity index is 3400. The van der Waals surface area contributed by atoms with Crippen LogP contribution in [0.5, 0.6) is 11.5 Å². The number of rotatable bonds is 9. The van der Waals surface area contributed by atoms with Crippen LogP contribution in [0.25, 0.3) is 49.9 Å². The monoisotopic (exact) mass is 882 g/mol. The van der Waals surface area contributed by atoms with Crippen molar-refractivity contribution >= 4 is 44.6 Å². The molecule has 2 aromatic heterocycles. The van der Waals surface area contributed by atoms with Crippen LogP contribution in [0.1, 0.15) is 63.1 Å². The van der Waals surface area contributed by atoms with Gasteiger partial charge in [0.15, 0.2) is 0 Å². The van der Waals surface area contributed by atoms with Gasteiger partial charge in [0.05, 0.1) is 28.1 Å². The van der Waals surface area contributed by atoms with Crippen molar-refractivity contribution in [2.75, 3.05) is 16.5 Å².